The average Bonchev–Trinajstić information content (AvgIpc) is 4.30. The Balaban J connectivity index is 1.000. The fraction of sp³-hybridized carbons (Fsp3) is 0.288. The molecule has 2 aromatic heterocycles. The normalized spacial score (nSPS) is 13.0. The van der Waals surface area contributed by atoms with Crippen LogP contribution in [0.2, 0.25) is 0 Å². The molecule has 0 radical (unpaired) electrons. The number of unbranched alkanes of at least 4 members (excludes halogenated alkanes) is 10. The highest BCUT2D eigenvalue weighted by molar-refractivity contribution is 6.10. The van der Waals surface area contributed by atoms with Crippen LogP contribution in [-0.4, -0.2) is 22.3 Å². The molecule has 4 nitrogen and oxygen atoms in total. The van der Waals surface area contributed by atoms with Gasteiger partial charge >= 0.3 is 0 Å². The van der Waals surface area contributed by atoms with Crippen LogP contribution < -0.4 is 9.47 Å². The molecule has 0 atom stereocenters. The van der Waals surface area contributed by atoms with Gasteiger partial charge in [0, 0.05) is 56.7 Å². The summed E-state index contributed by atoms with van der Waals surface area (Å²) in [5.74, 6) is 1.83. The first-order valence-corrected chi connectivity index (χ1v) is 29.2. The zero-order valence-electron chi connectivity index (χ0n) is 46.0. The van der Waals surface area contributed by atoms with Gasteiger partial charge in [-0.25, -0.2) is 0 Å². The van der Waals surface area contributed by atoms with Crippen molar-refractivity contribution in [3.05, 3.63) is 214 Å². The zero-order valence-corrected chi connectivity index (χ0v) is 46.0. The molecule has 10 aromatic rings. The summed E-state index contributed by atoms with van der Waals surface area (Å²) in [4.78, 5) is 0. The van der Waals surface area contributed by atoms with E-state index in [0.29, 0.717) is 0 Å². The molecule has 0 spiro atoms. The zero-order chi connectivity index (χ0) is 52.6. The van der Waals surface area contributed by atoms with Gasteiger partial charge in [-0.1, -0.05) is 199 Å². The third-order valence-corrected chi connectivity index (χ3v) is 16.5. The largest absolute Gasteiger partial charge is 0.494 e. The van der Waals surface area contributed by atoms with Crippen molar-refractivity contribution in [3.63, 3.8) is 0 Å². The Morgan fingerprint density at radius 3 is 1.13 bits per heavy atom. The van der Waals surface area contributed by atoms with E-state index in [-0.39, 0.29) is 0 Å². The third-order valence-electron chi connectivity index (χ3n) is 16.5. The van der Waals surface area contributed by atoms with E-state index in [1.165, 1.54) is 152 Å². The molecule has 0 fully saturated rings. The van der Waals surface area contributed by atoms with Crippen LogP contribution in [0.25, 0.3) is 79.0 Å². The average molecular weight is 1010 g/mol. The minimum atomic E-state index is -0.643. The van der Waals surface area contributed by atoms with E-state index in [9.17, 15) is 0 Å². The topological polar surface area (TPSA) is 28.3 Å². The van der Waals surface area contributed by atoms with Crippen molar-refractivity contribution in [2.24, 2.45) is 0 Å². The first-order chi connectivity index (χ1) is 38.0. The Morgan fingerprint density at radius 2 is 0.714 bits per heavy atom. The van der Waals surface area contributed by atoms with Gasteiger partial charge < -0.3 is 18.6 Å². The van der Waals surface area contributed by atoms with Crippen LogP contribution in [0.1, 0.15) is 149 Å². The van der Waals surface area contributed by atoms with Crippen LogP contribution in [-0.2, 0) is 18.5 Å². The molecule has 0 saturated carbocycles. The maximum atomic E-state index is 6.46. The minimum absolute atomic E-state index is 0.643. The second-order valence-electron chi connectivity index (χ2n) is 21.4. The first-order valence-electron chi connectivity index (χ1n) is 29.2. The van der Waals surface area contributed by atoms with Crippen molar-refractivity contribution >= 4 is 67.9 Å². The Bertz CT molecular complexity index is 3450. The molecular weight excluding hydrogens is 937 g/mol. The lowest BCUT2D eigenvalue weighted by Gasteiger charge is -2.34. The highest BCUT2D eigenvalue weighted by Gasteiger charge is 2.46. The van der Waals surface area contributed by atoms with Crippen molar-refractivity contribution in [1.82, 2.24) is 9.13 Å². The van der Waals surface area contributed by atoms with E-state index in [1.54, 1.807) is 0 Å². The molecular formula is C73H76N2O2. The number of hydrogen-bond acceptors (Lipinski definition) is 2. The standard InChI is InChI=1S/C73H76N2O2/c1-5-9-11-13-15-21-47-76-59-39-35-57(36-40-59)73(58-37-41-60(42-38-58)77-48-22-16-14-12-10-6-2)67-51-55(29-27-53-33-45-71-65(49-53)63-23-17-19-25-69(63)74(71)7-3)31-43-61(67)62-44-32-56(52-68(62)73)30-28-54-34-46-72-66(50-54)64-24-18-20-26-70(64)75(72)8-4/h17-20,23-46,49-52H,5-16,21-22,47-48H2,1-4H3/b29-27+,30-28+. The molecule has 390 valence electrons. The number of nitrogens with zero attached hydrogens (tertiary/aromatic N) is 2. The van der Waals surface area contributed by atoms with Crippen LogP contribution >= 0.6 is 0 Å². The smallest absolute Gasteiger partial charge is 0.119 e. The van der Waals surface area contributed by atoms with Crippen LogP contribution in [0.3, 0.4) is 0 Å². The number of rotatable bonds is 24. The molecule has 0 saturated heterocycles. The summed E-state index contributed by atoms with van der Waals surface area (Å²) >= 11 is 0. The van der Waals surface area contributed by atoms with Crippen LogP contribution in [0.15, 0.2) is 170 Å². The van der Waals surface area contributed by atoms with E-state index in [2.05, 4.69) is 231 Å². The molecule has 1 aliphatic rings. The second-order valence-corrected chi connectivity index (χ2v) is 21.4. The Labute approximate surface area is 457 Å². The molecule has 0 N–H and O–H groups in total. The fourth-order valence-corrected chi connectivity index (χ4v) is 12.5. The maximum Gasteiger partial charge on any atom is 0.119 e. The molecule has 2 heterocycles. The number of fused-ring (bicyclic) bond motifs is 9. The summed E-state index contributed by atoms with van der Waals surface area (Å²) in [6.45, 7) is 12.3. The Kier molecular flexibility index (Phi) is 15.9. The molecule has 77 heavy (non-hydrogen) atoms. The van der Waals surface area contributed by atoms with Crippen molar-refractivity contribution in [2.45, 2.75) is 123 Å². The second kappa shape index (κ2) is 23.8. The first kappa shape index (κ1) is 51.5. The predicted octanol–water partition coefficient (Wildman–Crippen LogP) is 20.1. The number of para-hydroxylation sites is 2. The van der Waals surface area contributed by atoms with E-state index in [4.69, 9.17) is 9.47 Å². The maximum absolute atomic E-state index is 6.46. The lowest BCUT2D eigenvalue weighted by Crippen LogP contribution is -2.28. The Hall–Kier alpha value is -7.56. The third kappa shape index (κ3) is 10.4. The predicted molar refractivity (Wildman–Crippen MR) is 330 cm³/mol. The van der Waals surface area contributed by atoms with Gasteiger partial charge in [-0.2, -0.15) is 0 Å². The van der Waals surface area contributed by atoms with Crippen molar-refractivity contribution in [2.75, 3.05) is 13.2 Å². The van der Waals surface area contributed by atoms with Gasteiger partial charge in [0.25, 0.3) is 0 Å². The highest BCUT2D eigenvalue weighted by Crippen LogP contribution is 2.57. The molecule has 0 bridgehead atoms. The van der Waals surface area contributed by atoms with E-state index >= 15 is 0 Å². The van der Waals surface area contributed by atoms with Gasteiger partial charge in [0.1, 0.15) is 11.5 Å². The quantitative estimate of drug-likeness (QED) is 0.0446. The number of aromatic nitrogens is 2. The van der Waals surface area contributed by atoms with Gasteiger partial charge in [-0.05, 0) is 155 Å². The number of aryl methyl sites for hydroxylation is 2. The summed E-state index contributed by atoms with van der Waals surface area (Å²) in [6, 6.07) is 63.8. The van der Waals surface area contributed by atoms with Crippen LogP contribution in [0.4, 0.5) is 0 Å². The molecule has 4 heteroatoms. The van der Waals surface area contributed by atoms with E-state index in [1.807, 2.05) is 0 Å². The summed E-state index contributed by atoms with van der Waals surface area (Å²) in [6.07, 6.45) is 24.0. The summed E-state index contributed by atoms with van der Waals surface area (Å²) in [5.41, 5.74) is 16.7. The van der Waals surface area contributed by atoms with Gasteiger partial charge in [-0.3, -0.25) is 0 Å². The monoisotopic (exact) mass is 1010 g/mol. The van der Waals surface area contributed by atoms with Gasteiger partial charge in [0.05, 0.1) is 18.6 Å². The number of benzene rings is 8. The molecule has 0 amide bonds. The van der Waals surface area contributed by atoms with E-state index < -0.39 is 5.41 Å². The van der Waals surface area contributed by atoms with Crippen LogP contribution in [0, 0.1) is 0 Å². The van der Waals surface area contributed by atoms with Gasteiger partial charge in [-0.15, -0.1) is 0 Å². The van der Waals surface area contributed by atoms with Crippen molar-refractivity contribution in [1.29, 1.82) is 0 Å². The molecule has 8 aromatic carbocycles. The van der Waals surface area contributed by atoms with Gasteiger partial charge in [0.2, 0.25) is 0 Å². The van der Waals surface area contributed by atoms with E-state index in [0.717, 1.165) is 61.8 Å². The molecule has 1 aliphatic carbocycles. The summed E-state index contributed by atoms with van der Waals surface area (Å²) in [7, 11) is 0. The number of hydrogen-bond donors (Lipinski definition) is 0. The lowest BCUT2D eigenvalue weighted by atomic mass is 9.67. The SMILES string of the molecule is CCCCCCCCOc1ccc(C2(c3ccc(OCCCCCCCC)cc3)c3cc(/C=C/c4ccc5c(c4)c4ccccc4n5CC)ccc3-c3ccc(/C=C/c4ccc5c(c4)c4ccccc4n5CC)cc32)cc1. The summed E-state index contributed by atoms with van der Waals surface area (Å²) < 4.78 is 17.8. The van der Waals surface area contributed by atoms with Crippen LogP contribution in [0.5, 0.6) is 11.5 Å². The molecule has 0 unspecified atom stereocenters. The minimum Gasteiger partial charge on any atom is -0.494 e. The van der Waals surface area contributed by atoms with Crippen molar-refractivity contribution < 1.29 is 9.47 Å². The fourth-order valence-electron chi connectivity index (χ4n) is 12.5. The Morgan fingerprint density at radius 1 is 0.351 bits per heavy atom. The number of ether oxygens (including phenoxy) is 2. The highest BCUT2D eigenvalue weighted by atomic mass is 16.5. The van der Waals surface area contributed by atoms with Gasteiger partial charge in [0.15, 0.2) is 0 Å². The van der Waals surface area contributed by atoms with Crippen molar-refractivity contribution in [3.8, 4) is 22.6 Å². The molecule has 0 aliphatic heterocycles. The molecule has 11 rings (SSSR count). The lowest BCUT2D eigenvalue weighted by molar-refractivity contribution is 0.304. The summed E-state index contributed by atoms with van der Waals surface area (Å²) in [5, 5.41) is 5.18.